The van der Waals surface area contributed by atoms with Gasteiger partial charge in [-0.25, -0.2) is 4.79 Å². The molecule has 5 nitrogen and oxygen atoms in total. The van der Waals surface area contributed by atoms with Crippen molar-refractivity contribution in [1.82, 2.24) is 15.5 Å². The fourth-order valence-corrected chi connectivity index (χ4v) is 4.72. The Balaban J connectivity index is 1.44. The molecule has 0 unspecified atom stereocenters. The SMILES string of the molecule is O=C1CCC2(CCN(C(=O)N[C@@H](c3ccccc3)c3cccs3)CC2)N1. The van der Waals surface area contributed by atoms with E-state index < -0.39 is 0 Å². The molecule has 26 heavy (non-hydrogen) atoms. The van der Waals surface area contributed by atoms with Crippen molar-refractivity contribution in [2.45, 2.75) is 37.3 Å². The molecule has 0 aliphatic carbocycles. The molecule has 1 aromatic carbocycles. The summed E-state index contributed by atoms with van der Waals surface area (Å²) < 4.78 is 0. The highest BCUT2D eigenvalue weighted by Gasteiger charge is 2.41. The van der Waals surface area contributed by atoms with Crippen molar-refractivity contribution in [2.75, 3.05) is 13.1 Å². The predicted molar refractivity (Wildman–Crippen MR) is 102 cm³/mol. The molecule has 1 spiro atoms. The van der Waals surface area contributed by atoms with Gasteiger partial charge in [0.1, 0.15) is 0 Å². The van der Waals surface area contributed by atoms with Gasteiger partial charge in [-0.05, 0) is 36.3 Å². The second kappa shape index (κ2) is 7.11. The summed E-state index contributed by atoms with van der Waals surface area (Å²) in [6, 6.07) is 14.0. The van der Waals surface area contributed by atoms with Gasteiger partial charge in [0, 0.05) is 29.9 Å². The Kier molecular flexibility index (Phi) is 4.68. The largest absolute Gasteiger partial charge is 0.351 e. The molecule has 6 heteroatoms. The van der Waals surface area contributed by atoms with Crippen molar-refractivity contribution in [3.8, 4) is 0 Å². The normalized spacial score (nSPS) is 20.0. The minimum Gasteiger partial charge on any atom is -0.351 e. The molecular formula is C20H23N3O2S. The van der Waals surface area contributed by atoms with Crippen LogP contribution in [0.5, 0.6) is 0 Å². The summed E-state index contributed by atoms with van der Waals surface area (Å²) in [5.74, 6) is 0.143. The molecule has 0 bridgehead atoms. The minimum absolute atomic E-state index is 0.0357. The lowest BCUT2D eigenvalue weighted by atomic mass is 9.86. The summed E-state index contributed by atoms with van der Waals surface area (Å²) in [5.41, 5.74) is 1.00. The van der Waals surface area contributed by atoms with Gasteiger partial charge in [0.05, 0.1) is 6.04 Å². The average molecular weight is 369 g/mol. The number of hydrogen-bond acceptors (Lipinski definition) is 3. The lowest BCUT2D eigenvalue weighted by Gasteiger charge is -2.39. The molecule has 2 saturated heterocycles. The van der Waals surface area contributed by atoms with Crippen LogP contribution < -0.4 is 10.6 Å². The van der Waals surface area contributed by atoms with Gasteiger partial charge < -0.3 is 15.5 Å². The van der Waals surface area contributed by atoms with Crippen molar-refractivity contribution in [2.24, 2.45) is 0 Å². The van der Waals surface area contributed by atoms with Crippen molar-refractivity contribution in [3.63, 3.8) is 0 Å². The van der Waals surface area contributed by atoms with Crippen LogP contribution in [0.2, 0.25) is 0 Å². The molecule has 2 aromatic rings. The summed E-state index contributed by atoms with van der Waals surface area (Å²) in [6.45, 7) is 1.36. The number of thiophene rings is 1. The Bertz CT molecular complexity index is 768. The van der Waals surface area contributed by atoms with Crippen LogP contribution in [0.1, 0.15) is 42.2 Å². The highest BCUT2D eigenvalue weighted by atomic mass is 32.1. The molecule has 2 aliphatic heterocycles. The van der Waals surface area contributed by atoms with E-state index in [0.29, 0.717) is 19.5 Å². The third-order valence-corrected chi connectivity index (χ3v) is 6.41. The molecule has 2 fully saturated rings. The van der Waals surface area contributed by atoms with Crippen LogP contribution in [-0.2, 0) is 4.79 Å². The number of piperidine rings is 1. The number of nitrogens with one attached hydrogen (secondary N) is 2. The maximum atomic E-state index is 12.9. The molecular weight excluding hydrogens is 346 g/mol. The van der Waals surface area contributed by atoms with E-state index in [-0.39, 0.29) is 23.5 Å². The average Bonchev–Trinajstić information content (AvgIpc) is 3.31. The standard InChI is InChI=1S/C20H23N3O2S/c24-17-8-9-20(22-17)10-12-23(13-11-20)19(25)21-18(16-7-4-14-26-16)15-5-2-1-3-6-15/h1-7,14,18H,8-13H2,(H,21,25)(H,22,24)/t18-/m0/s1. The fourth-order valence-electron chi connectivity index (χ4n) is 3.92. The summed E-state index contributed by atoms with van der Waals surface area (Å²) in [7, 11) is 0. The van der Waals surface area contributed by atoms with Gasteiger partial charge in [0.15, 0.2) is 0 Å². The van der Waals surface area contributed by atoms with Gasteiger partial charge in [-0.15, -0.1) is 11.3 Å². The number of rotatable bonds is 3. The zero-order valence-electron chi connectivity index (χ0n) is 14.6. The van der Waals surface area contributed by atoms with E-state index in [1.165, 1.54) is 0 Å². The number of nitrogens with zero attached hydrogens (tertiary/aromatic N) is 1. The van der Waals surface area contributed by atoms with Crippen LogP contribution in [0.4, 0.5) is 4.79 Å². The topological polar surface area (TPSA) is 61.4 Å². The Labute approximate surface area is 157 Å². The highest BCUT2D eigenvalue weighted by molar-refractivity contribution is 7.10. The van der Waals surface area contributed by atoms with E-state index in [0.717, 1.165) is 29.7 Å². The van der Waals surface area contributed by atoms with Crippen LogP contribution in [0, 0.1) is 0 Å². The Morgan fingerprint density at radius 2 is 1.88 bits per heavy atom. The van der Waals surface area contributed by atoms with Crippen molar-refractivity contribution >= 4 is 23.3 Å². The van der Waals surface area contributed by atoms with Gasteiger partial charge >= 0.3 is 6.03 Å². The van der Waals surface area contributed by atoms with Crippen LogP contribution in [0.3, 0.4) is 0 Å². The Morgan fingerprint density at radius 3 is 2.50 bits per heavy atom. The summed E-state index contributed by atoms with van der Waals surface area (Å²) in [4.78, 5) is 27.4. The van der Waals surface area contributed by atoms with Gasteiger partial charge in [0.2, 0.25) is 5.91 Å². The number of carbonyl (C=O) groups is 2. The summed E-state index contributed by atoms with van der Waals surface area (Å²) >= 11 is 1.65. The number of benzene rings is 1. The first kappa shape index (κ1) is 17.1. The smallest absolute Gasteiger partial charge is 0.318 e. The van der Waals surface area contributed by atoms with Crippen molar-refractivity contribution < 1.29 is 9.59 Å². The first-order chi connectivity index (χ1) is 12.7. The molecule has 0 radical (unpaired) electrons. The van der Waals surface area contributed by atoms with E-state index in [9.17, 15) is 9.59 Å². The lowest BCUT2D eigenvalue weighted by molar-refractivity contribution is -0.120. The first-order valence-electron chi connectivity index (χ1n) is 9.10. The minimum atomic E-state index is -0.134. The van der Waals surface area contributed by atoms with E-state index in [1.807, 2.05) is 46.7 Å². The van der Waals surface area contributed by atoms with Crippen LogP contribution in [0.15, 0.2) is 47.8 Å². The summed E-state index contributed by atoms with van der Waals surface area (Å²) in [6.07, 6.45) is 3.17. The summed E-state index contributed by atoms with van der Waals surface area (Å²) in [5, 5.41) is 8.36. The first-order valence-corrected chi connectivity index (χ1v) is 9.98. The van der Waals surface area contributed by atoms with Crippen molar-refractivity contribution in [3.05, 3.63) is 58.3 Å². The molecule has 4 rings (SSSR count). The van der Waals surface area contributed by atoms with Crippen LogP contribution in [-0.4, -0.2) is 35.5 Å². The number of carbonyl (C=O) groups excluding carboxylic acids is 2. The van der Waals surface area contributed by atoms with Crippen LogP contribution in [0.25, 0.3) is 0 Å². The second-order valence-electron chi connectivity index (χ2n) is 7.12. The zero-order chi connectivity index (χ0) is 18.0. The lowest BCUT2D eigenvalue weighted by Crippen LogP contribution is -2.54. The zero-order valence-corrected chi connectivity index (χ0v) is 15.4. The maximum absolute atomic E-state index is 12.9. The van der Waals surface area contributed by atoms with Crippen LogP contribution >= 0.6 is 11.3 Å². The quantitative estimate of drug-likeness (QED) is 0.872. The highest BCUT2D eigenvalue weighted by Crippen LogP contribution is 2.32. The number of amides is 3. The molecule has 3 amide bonds. The Hall–Kier alpha value is -2.34. The third kappa shape index (κ3) is 3.46. The molecule has 136 valence electrons. The molecule has 1 aromatic heterocycles. The van der Waals surface area contributed by atoms with Gasteiger partial charge in [0.25, 0.3) is 0 Å². The fraction of sp³-hybridized carbons (Fsp3) is 0.400. The molecule has 1 atom stereocenters. The third-order valence-electron chi connectivity index (χ3n) is 5.47. The van der Waals surface area contributed by atoms with Gasteiger partial charge in [-0.2, -0.15) is 0 Å². The molecule has 2 N–H and O–H groups in total. The number of hydrogen-bond donors (Lipinski definition) is 2. The molecule has 0 saturated carbocycles. The number of urea groups is 1. The number of likely N-dealkylation sites (tertiary alicyclic amines) is 1. The second-order valence-corrected chi connectivity index (χ2v) is 8.10. The van der Waals surface area contributed by atoms with E-state index in [4.69, 9.17) is 0 Å². The van der Waals surface area contributed by atoms with Crippen molar-refractivity contribution in [1.29, 1.82) is 0 Å². The van der Waals surface area contributed by atoms with E-state index >= 15 is 0 Å². The van der Waals surface area contributed by atoms with Gasteiger partial charge in [-0.3, -0.25) is 4.79 Å². The van der Waals surface area contributed by atoms with E-state index in [2.05, 4.69) is 16.7 Å². The molecule has 2 aliphatic rings. The van der Waals surface area contributed by atoms with E-state index in [1.54, 1.807) is 11.3 Å². The monoisotopic (exact) mass is 369 g/mol. The Morgan fingerprint density at radius 1 is 1.12 bits per heavy atom. The maximum Gasteiger partial charge on any atom is 0.318 e. The predicted octanol–water partition coefficient (Wildman–Crippen LogP) is 3.29. The molecule has 3 heterocycles. The van der Waals surface area contributed by atoms with Gasteiger partial charge in [-0.1, -0.05) is 36.4 Å².